The van der Waals surface area contributed by atoms with Crippen molar-refractivity contribution in [2.75, 3.05) is 11.5 Å². The normalized spacial score (nSPS) is 16.8. The molecule has 1 saturated heterocycles. The summed E-state index contributed by atoms with van der Waals surface area (Å²) in [4.78, 5) is 44.5. The van der Waals surface area contributed by atoms with Crippen molar-refractivity contribution in [1.82, 2.24) is 4.98 Å². The van der Waals surface area contributed by atoms with Gasteiger partial charge in [-0.15, -0.1) is 0 Å². The molecule has 1 amide bonds. The van der Waals surface area contributed by atoms with Gasteiger partial charge in [-0.05, 0) is 53.1 Å². The van der Waals surface area contributed by atoms with Crippen LogP contribution in [0.5, 0.6) is 0 Å². The Kier molecular flexibility index (Phi) is 6.51. The number of aromatic nitrogens is 1. The molecule has 1 aliphatic heterocycles. The number of hydrogen-bond acceptors (Lipinski definition) is 6. The molecule has 0 saturated carbocycles. The van der Waals surface area contributed by atoms with Gasteiger partial charge in [0.2, 0.25) is 0 Å². The van der Waals surface area contributed by atoms with Crippen molar-refractivity contribution in [2.45, 2.75) is 19.4 Å². The molecular formula is C30H24N2O5. The summed E-state index contributed by atoms with van der Waals surface area (Å²) in [6, 6.07) is 21.8. The van der Waals surface area contributed by atoms with Gasteiger partial charge in [0.15, 0.2) is 0 Å². The molecule has 0 aliphatic carbocycles. The molecule has 0 bridgehead atoms. The Balaban J connectivity index is 1.64. The Morgan fingerprint density at radius 3 is 2.46 bits per heavy atom. The van der Waals surface area contributed by atoms with Crippen LogP contribution in [-0.4, -0.2) is 34.4 Å². The number of carbonyl (C=O) groups is 3. The van der Waals surface area contributed by atoms with Crippen LogP contribution >= 0.6 is 0 Å². The monoisotopic (exact) mass is 492 g/mol. The van der Waals surface area contributed by atoms with E-state index in [1.165, 1.54) is 4.90 Å². The van der Waals surface area contributed by atoms with E-state index in [2.05, 4.69) is 4.98 Å². The summed E-state index contributed by atoms with van der Waals surface area (Å²) in [7, 11) is 0. The molecule has 0 spiro atoms. The Bertz CT molecular complexity index is 1520. The topological polar surface area (TPSA) is 96.8 Å². The van der Waals surface area contributed by atoms with Crippen LogP contribution in [0.1, 0.15) is 40.9 Å². The second kappa shape index (κ2) is 10.1. The number of aliphatic hydroxyl groups is 1. The molecule has 0 radical (unpaired) electrons. The third-order valence-electron chi connectivity index (χ3n) is 6.31. The summed E-state index contributed by atoms with van der Waals surface area (Å²) in [6.07, 6.45) is 3.86. The van der Waals surface area contributed by atoms with Gasteiger partial charge in [-0.25, -0.2) is 4.79 Å². The SMILES string of the molecule is CCCOC(=O)c1ccc(N2C(=O)C(=O)/C(=C(\O)c3cccc4ccccc34)C2c2cccnc2)cc1. The van der Waals surface area contributed by atoms with E-state index in [1.807, 2.05) is 37.3 Å². The number of fused-ring (bicyclic) bond motifs is 1. The predicted molar refractivity (Wildman–Crippen MR) is 140 cm³/mol. The van der Waals surface area contributed by atoms with Crippen LogP contribution in [-0.2, 0) is 14.3 Å². The molecule has 5 rings (SSSR count). The second-order valence-corrected chi connectivity index (χ2v) is 8.66. The standard InChI is InChI=1S/C30H24N2O5/c1-2-17-37-30(36)20-12-14-22(15-13-20)32-26(21-9-6-16-31-18-21)25(28(34)29(32)35)27(33)24-11-5-8-19-7-3-4-10-23(19)24/h3-16,18,26,33H,2,17H2,1H3/b27-25-. The van der Waals surface area contributed by atoms with Gasteiger partial charge < -0.3 is 9.84 Å². The molecular weight excluding hydrogens is 468 g/mol. The number of esters is 1. The van der Waals surface area contributed by atoms with Crippen LogP contribution in [0.2, 0.25) is 0 Å². The van der Waals surface area contributed by atoms with E-state index in [4.69, 9.17) is 4.74 Å². The van der Waals surface area contributed by atoms with E-state index in [-0.39, 0.29) is 11.3 Å². The number of benzene rings is 3. The third kappa shape index (κ3) is 4.36. The number of rotatable bonds is 6. The van der Waals surface area contributed by atoms with E-state index >= 15 is 0 Å². The molecule has 184 valence electrons. The number of amides is 1. The Morgan fingerprint density at radius 1 is 0.973 bits per heavy atom. The quantitative estimate of drug-likeness (QED) is 0.167. The first-order chi connectivity index (χ1) is 18.0. The van der Waals surface area contributed by atoms with Gasteiger partial charge in [-0.1, -0.05) is 55.5 Å². The lowest BCUT2D eigenvalue weighted by Crippen LogP contribution is -2.29. The summed E-state index contributed by atoms with van der Waals surface area (Å²) in [6.45, 7) is 2.22. The van der Waals surface area contributed by atoms with Crippen molar-refractivity contribution < 1.29 is 24.2 Å². The van der Waals surface area contributed by atoms with E-state index in [0.29, 0.717) is 35.4 Å². The fraction of sp³-hybridized carbons (Fsp3) is 0.133. The molecule has 1 N–H and O–H groups in total. The fourth-order valence-corrected chi connectivity index (χ4v) is 4.57. The maximum Gasteiger partial charge on any atom is 0.338 e. The molecule has 1 aliphatic rings. The Morgan fingerprint density at radius 2 is 1.73 bits per heavy atom. The van der Waals surface area contributed by atoms with Crippen LogP contribution in [0.3, 0.4) is 0 Å². The molecule has 1 aromatic heterocycles. The zero-order valence-electron chi connectivity index (χ0n) is 20.1. The van der Waals surface area contributed by atoms with Crippen molar-refractivity contribution in [1.29, 1.82) is 0 Å². The molecule has 1 unspecified atom stereocenters. The van der Waals surface area contributed by atoms with E-state index in [1.54, 1.807) is 60.9 Å². The number of nitrogens with zero attached hydrogens (tertiary/aromatic N) is 2. The van der Waals surface area contributed by atoms with Crippen molar-refractivity contribution in [3.8, 4) is 0 Å². The van der Waals surface area contributed by atoms with E-state index in [0.717, 1.165) is 10.8 Å². The Labute approximate surface area is 213 Å². The maximum absolute atomic E-state index is 13.4. The van der Waals surface area contributed by atoms with Crippen LogP contribution in [0, 0.1) is 0 Å². The smallest absolute Gasteiger partial charge is 0.338 e. The molecule has 1 atom stereocenters. The van der Waals surface area contributed by atoms with Crippen molar-refractivity contribution >= 4 is 39.9 Å². The van der Waals surface area contributed by atoms with Gasteiger partial charge in [-0.3, -0.25) is 19.5 Å². The number of pyridine rings is 1. The van der Waals surface area contributed by atoms with E-state index in [9.17, 15) is 19.5 Å². The third-order valence-corrected chi connectivity index (χ3v) is 6.31. The highest BCUT2D eigenvalue weighted by Crippen LogP contribution is 2.42. The molecule has 4 aromatic rings. The summed E-state index contributed by atoms with van der Waals surface area (Å²) in [5, 5.41) is 13.2. The van der Waals surface area contributed by atoms with Gasteiger partial charge in [0.25, 0.3) is 11.7 Å². The summed E-state index contributed by atoms with van der Waals surface area (Å²) < 4.78 is 5.18. The minimum Gasteiger partial charge on any atom is -0.507 e. The summed E-state index contributed by atoms with van der Waals surface area (Å²) in [5.74, 6) is -2.30. The highest BCUT2D eigenvalue weighted by Gasteiger charge is 2.47. The predicted octanol–water partition coefficient (Wildman–Crippen LogP) is 5.43. The number of Topliss-reactive ketones (excluding diaryl/α,β-unsaturated/α-hetero) is 1. The van der Waals surface area contributed by atoms with Gasteiger partial charge in [0.05, 0.1) is 23.8 Å². The largest absolute Gasteiger partial charge is 0.507 e. The van der Waals surface area contributed by atoms with Gasteiger partial charge in [0.1, 0.15) is 5.76 Å². The number of ketones is 1. The second-order valence-electron chi connectivity index (χ2n) is 8.66. The highest BCUT2D eigenvalue weighted by atomic mass is 16.5. The zero-order valence-corrected chi connectivity index (χ0v) is 20.1. The van der Waals surface area contributed by atoms with Crippen molar-refractivity contribution in [2.24, 2.45) is 0 Å². The molecule has 37 heavy (non-hydrogen) atoms. The number of aliphatic hydroxyl groups excluding tert-OH is 1. The first kappa shape index (κ1) is 23.9. The molecule has 1 fully saturated rings. The fourth-order valence-electron chi connectivity index (χ4n) is 4.57. The average Bonchev–Trinajstić information content (AvgIpc) is 3.21. The molecule has 3 aromatic carbocycles. The minimum atomic E-state index is -0.912. The van der Waals surface area contributed by atoms with Gasteiger partial charge in [-0.2, -0.15) is 0 Å². The maximum atomic E-state index is 13.4. The lowest BCUT2D eigenvalue weighted by atomic mass is 9.94. The lowest BCUT2D eigenvalue weighted by molar-refractivity contribution is -0.132. The number of hydrogen-bond donors (Lipinski definition) is 1. The number of anilines is 1. The number of ether oxygens (including phenoxy) is 1. The van der Waals surface area contributed by atoms with Crippen LogP contribution < -0.4 is 4.90 Å². The van der Waals surface area contributed by atoms with Crippen molar-refractivity contribution in [3.05, 3.63) is 114 Å². The van der Waals surface area contributed by atoms with Crippen LogP contribution in [0.15, 0.2) is 96.8 Å². The highest BCUT2D eigenvalue weighted by molar-refractivity contribution is 6.51. The first-order valence-corrected chi connectivity index (χ1v) is 12.0. The summed E-state index contributed by atoms with van der Waals surface area (Å²) >= 11 is 0. The Hall–Kier alpha value is -4.78. The number of carbonyl (C=O) groups excluding carboxylic acids is 3. The summed E-state index contributed by atoms with van der Waals surface area (Å²) in [5.41, 5.74) is 1.73. The van der Waals surface area contributed by atoms with Crippen LogP contribution in [0.4, 0.5) is 5.69 Å². The zero-order chi connectivity index (χ0) is 25.9. The van der Waals surface area contributed by atoms with Crippen LogP contribution in [0.25, 0.3) is 16.5 Å². The van der Waals surface area contributed by atoms with Gasteiger partial charge >= 0.3 is 5.97 Å². The van der Waals surface area contributed by atoms with Crippen molar-refractivity contribution in [3.63, 3.8) is 0 Å². The minimum absolute atomic E-state index is 0.0271. The molecule has 7 heteroatoms. The average molecular weight is 493 g/mol. The molecule has 7 nitrogen and oxygen atoms in total. The molecule has 2 heterocycles. The van der Waals surface area contributed by atoms with Gasteiger partial charge in [0, 0.05) is 23.6 Å². The first-order valence-electron chi connectivity index (χ1n) is 12.0. The van der Waals surface area contributed by atoms with E-state index < -0.39 is 23.7 Å². The lowest BCUT2D eigenvalue weighted by Gasteiger charge is -2.25.